The zero-order valence-corrected chi connectivity index (χ0v) is 12.2. The van der Waals surface area contributed by atoms with Gasteiger partial charge in [-0.3, -0.25) is 4.79 Å². The van der Waals surface area contributed by atoms with Gasteiger partial charge in [-0.15, -0.1) is 5.10 Å². The van der Waals surface area contributed by atoms with Gasteiger partial charge in [0, 0.05) is 0 Å². The van der Waals surface area contributed by atoms with E-state index in [1.54, 1.807) is 24.3 Å². The molecular weight excluding hydrogens is 321 g/mol. The summed E-state index contributed by atoms with van der Waals surface area (Å²) in [6.07, 6.45) is -3.06. The lowest BCUT2D eigenvalue weighted by molar-refractivity contribution is -0.137. The van der Waals surface area contributed by atoms with Crippen LogP contribution >= 0.6 is 0 Å². The first-order valence-electron chi connectivity index (χ1n) is 6.86. The molecule has 0 aliphatic heterocycles. The van der Waals surface area contributed by atoms with Crippen molar-refractivity contribution in [2.75, 3.05) is 0 Å². The van der Waals surface area contributed by atoms with Gasteiger partial charge in [0.25, 0.3) is 5.91 Å². The second-order valence-corrected chi connectivity index (χ2v) is 5.00. The Bertz CT molecular complexity index is 926. The van der Waals surface area contributed by atoms with Gasteiger partial charge < -0.3 is 5.73 Å². The maximum Gasteiger partial charge on any atom is 0.416 e. The molecule has 3 rings (SSSR count). The highest BCUT2D eigenvalue weighted by molar-refractivity contribution is 6.18. The van der Waals surface area contributed by atoms with E-state index in [9.17, 15) is 18.0 Å². The molecule has 0 unspecified atom stereocenters. The number of para-hydroxylation sites is 1. The minimum atomic E-state index is -4.42. The van der Waals surface area contributed by atoms with Crippen molar-refractivity contribution in [3.8, 4) is 0 Å². The molecule has 122 valence electrons. The Labute approximate surface area is 134 Å². The molecule has 3 aromatic rings. The van der Waals surface area contributed by atoms with E-state index >= 15 is 0 Å². The van der Waals surface area contributed by atoms with Crippen LogP contribution in [0.4, 0.5) is 13.2 Å². The van der Waals surface area contributed by atoms with Crippen molar-refractivity contribution < 1.29 is 18.0 Å². The van der Waals surface area contributed by atoms with Crippen LogP contribution in [0, 0.1) is 0 Å². The smallest absolute Gasteiger partial charge is 0.364 e. The number of aromatic nitrogens is 3. The Morgan fingerprint density at radius 3 is 2.38 bits per heavy atom. The van der Waals surface area contributed by atoms with Gasteiger partial charge in [0.2, 0.25) is 0 Å². The number of nitrogens with zero attached hydrogens (tertiary/aromatic N) is 3. The molecule has 0 saturated carbocycles. The van der Waals surface area contributed by atoms with E-state index in [0.29, 0.717) is 16.6 Å². The standard InChI is InChI=1S/C16H11F3N4O/c17-16(18,19)11-7-5-10(6-8-11)9-14(15(20)24)23-13-4-2-1-3-12(13)21-22-23/h1-9H,(H2,20,24)/b14-9-. The number of hydrogen-bond acceptors (Lipinski definition) is 3. The van der Waals surface area contributed by atoms with Gasteiger partial charge in [-0.2, -0.15) is 13.2 Å². The molecule has 1 heterocycles. The van der Waals surface area contributed by atoms with Crippen molar-refractivity contribution in [2.24, 2.45) is 5.73 Å². The van der Waals surface area contributed by atoms with Crippen molar-refractivity contribution in [1.29, 1.82) is 0 Å². The number of primary amides is 1. The van der Waals surface area contributed by atoms with Crippen LogP contribution in [-0.2, 0) is 11.0 Å². The summed E-state index contributed by atoms with van der Waals surface area (Å²) >= 11 is 0. The largest absolute Gasteiger partial charge is 0.416 e. The van der Waals surface area contributed by atoms with Gasteiger partial charge in [-0.05, 0) is 35.9 Å². The zero-order valence-electron chi connectivity index (χ0n) is 12.2. The van der Waals surface area contributed by atoms with Crippen LogP contribution in [0.2, 0.25) is 0 Å². The number of carbonyl (C=O) groups is 1. The van der Waals surface area contributed by atoms with Gasteiger partial charge in [0.15, 0.2) is 0 Å². The molecule has 2 N–H and O–H groups in total. The number of fused-ring (bicyclic) bond motifs is 1. The van der Waals surface area contributed by atoms with Crippen LogP contribution in [0.3, 0.4) is 0 Å². The fourth-order valence-electron chi connectivity index (χ4n) is 2.21. The first kappa shape index (κ1) is 15.7. The van der Waals surface area contributed by atoms with E-state index in [4.69, 9.17) is 5.73 Å². The minimum Gasteiger partial charge on any atom is -0.364 e. The average molecular weight is 332 g/mol. The number of alkyl halides is 3. The van der Waals surface area contributed by atoms with Crippen molar-refractivity contribution in [2.45, 2.75) is 6.18 Å². The van der Waals surface area contributed by atoms with Crippen LogP contribution in [0.15, 0.2) is 48.5 Å². The molecule has 0 fully saturated rings. The summed E-state index contributed by atoms with van der Waals surface area (Å²) in [5.41, 5.74) is 6.14. The van der Waals surface area contributed by atoms with E-state index < -0.39 is 17.6 Å². The van der Waals surface area contributed by atoms with E-state index in [2.05, 4.69) is 10.3 Å². The summed E-state index contributed by atoms with van der Waals surface area (Å²) in [5.74, 6) is -0.773. The molecule has 1 amide bonds. The summed E-state index contributed by atoms with van der Waals surface area (Å²) < 4.78 is 39.0. The van der Waals surface area contributed by atoms with Gasteiger partial charge in [0.1, 0.15) is 11.2 Å². The third-order valence-corrected chi connectivity index (χ3v) is 3.37. The van der Waals surface area contributed by atoms with E-state index in [1.807, 2.05) is 0 Å². The van der Waals surface area contributed by atoms with Crippen molar-refractivity contribution in [1.82, 2.24) is 15.0 Å². The number of hydrogen-bond donors (Lipinski definition) is 1. The third kappa shape index (κ3) is 2.98. The monoisotopic (exact) mass is 332 g/mol. The summed E-state index contributed by atoms with van der Waals surface area (Å²) in [5, 5.41) is 7.81. The number of rotatable bonds is 3. The molecule has 0 atom stereocenters. The maximum atomic E-state index is 12.6. The summed E-state index contributed by atoms with van der Waals surface area (Å²) in [6.45, 7) is 0. The van der Waals surface area contributed by atoms with Crippen LogP contribution < -0.4 is 5.73 Å². The second kappa shape index (κ2) is 5.80. The second-order valence-electron chi connectivity index (χ2n) is 5.00. The van der Waals surface area contributed by atoms with Crippen molar-refractivity contribution in [3.05, 3.63) is 59.7 Å². The summed E-state index contributed by atoms with van der Waals surface area (Å²) in [4.78, 5) is 11.8. The van der Waals surface area contributed by atoms with E-state index in [1.165, 1.54) is 22.9 Å². The molecule has 24 heavy (non-hydrogen) atoms. The molecule has 0 radical (unpaired) electrons. The molecule has 5 nitrogen and oxygen atoms in total. The normalized spacial score (nSPS) is 12.5. The Morgan fingerprint density at radius 1 is 1.08 bits per heavy atom. The third-order valence-electron chi connectivity index (χ3n) is 3.37. The Morgan fingerprint density at radius 2 is 1.75 bits per heavy atom. The molecule has 0 saturated heterocycles. The van der Waals surface area contributed by atoms with E-state index in [-0.39, 0.29) is 5.70 Å². The van der Waals surface area contributed by atoms with Crippen molar-refractivity contribution >= 4 is 28.7 Å². The number of nitrogens with two attached hydrogens (primary N) is 1. The molecule has 0 bridgehead atoms. The maximum absolute atomic E-state index is 12.6. The molecule has 0 spiro atoms. The number of benzene rings is 2. The topological polar surface area (TPSA) is 73.8 Å². The van der Waals surface area contributed by atoms with E-state index in [0.717, 1.165) is 12.1 Å². The zero-order chi connectivity index (χ0) is 17.3. The number of halogens is 3. The lowest BCUT2D eigenvalue weighted by Gasteiger charge is -2.07. The molecule has 1 aromatic heterocycles. The highest BCUT2D eigenvalue weighted by Crippen LogP contribution is 2.29. The van der Waals surface area contributed by atoms with Gasteiger partial charge in [-0.25, -0.2) is 4.68 Å². The Balaban J connectivity index is 2.05. The highest BCUT2D eigenvalue weighted by Gasteiger charge is 2.29. The minimum absolute atomic E-state index is 0.00320. The predicted molar refractivity (Wildman–Crippen MR) is 82.3 cm³/mol. The fraction of sp³-hybridized carbons (Fsp3) is 0.0625. The van der Waals surface area contributed by atoms with Gasteiger partial charge in [0.05, 0.1) is 11.1 Å². The molecule has 8 heteroatoms. The Kier molecular flexibility index (Phi) is 3.80. The summed E-state index contributed by atoms with van der Waals surface area (Å²) in [7, 11) is 0. The predicted octanol–water partition coefficient (Wildman–Crippen LogP) is 2.93. The fourth-order valence-corrected chi connectivity index (χ4v) is 2.21. The van der Waals surface area contributed by atoms with Crippen LogP contribution in [0.1, 0.15) is 11.1 Å². The lowest BCUT2D eigenvalue weighted by atomic mass is 10.1. The van der Waals surface area contributed by atoms with Gasteiger partial charge in [-0.1, -0.05) is 29.5 Å². The number of carbonyl (C=O) groups excluding carboxylic acids is 1. The summed E-state index contributed by atoms with van der Waals surface area (Å²) in [6, 6.07) is 11.3. The van der Waals surface area contributed by atoms with Crippen molar-refractivity contribution in [3.63, 3.8) is 0 Å². The first-order valence-corrected chi connectivity index (χ1v) is 6.86. The SMILES string of the molecule is NC(=O)/C(=C/c1ccc(C(F)(F)F)cc1)n1nnc2ccccc21. The highest BCUT2D eigenvalue weighted by atomic mass is 19.4. The van der Waals surface area contributed by atoms with Gasteiger partial charge >= 0.3 is 6.18 Å². The molecule has 2 aromatic carbocycles. The van der Waals surface area contributed by atoms with Crippen LogP contribution in [0.25, 0.3) is 22.8 Å². The quantitative estimate of drug-likeness (QED) is 0.750. The average Bonchev–Trinajstić information content (AvgIpc) is 2.96. The molecule has 0 aliphatic carbocycles. The molecule has 0 aliphatic rings. The molecular formula is C16H11F3N4O. The first-order chi connectivity index (χ1) is 11.4. The van der Waals surface area contributed by atoms with Crippen LogP contribution in [0.5, 0.6) is 0 Å². The Hall–Kier alpha value is -3.16. The number of amides is 1. The van der Waals surface area contributed by atoms with Crippen LogP contribution in [-0.4, -0.2) is 20.9 Å². The lowest BCUT2D eigenvalue weighted by Crippen LogP contribution is -2.18.